The maximum absolute atomic E-state index is 12.2. The van der Waals surface area contributed by atoms with Crippen molar-refractivity contribution in [2.45, 2.75) is 24.9 Å². The van der Waals surface area contributed by atoms with Gasteiger partial charge in [-0.05, 0) is 25.0 Å². The highest BCUT2D eigenvalue weighted by Crippen LogP contribution is 2.24. The van der Waals surface area contributed by atoms with E-state index in [-0.39, 0.29) is 31.4 Å². The highest BCUT2D eigenvalue weighted by Gasteiger charge is 2.36. The van der Waals surface area contributed by atoms with Crippen molar-refractivity contribution in [3.63, 3.8) is 0 Å². The second-order valence-electron chi connectivity index (χ2n) is 5.47. The third kappa shape index (κ3) is 4.42. The molecule has 1 aromatic rings. The van der Waals surface area contributed by atoms with E-state index in [2.05, 4.69) is 10.3 Å². The topological polar surface area (TPSA) is 91.8 Å². The fourth-order valence-electron chi connectivity index (χ4n) is 2.53. The van der Waals surface area contributed by atoms with E-state index in [4.69, 9.17) is 4.74 Å². The molecule has 1 fully saturated rings. The summed E-state index contributed by atoms with van der Waals surface area (Å²) in [5.74, 6) is 0.0794. The zero-order chi connectivity index (χ0) is 16.0. The molecular formula is C15H21N3O4. The largest absolute Gasteiger partial charge is 0.482 e. The Labute approximate surface area is 129 Å². The molecule has 1 aliphatic rings. The van der Waals surface area contributed by atoms with Gasteiger partial charge in [-0.25, -0.2) is 0 Å². The Hall–Kier alpha value is -2.15. The van der Waals surface area contributed by atoms with Crippen molar-refractivity contribution in [3.8, 4) is 5.75 Å². The summed E-state index contributed by atoms with van der Waals surface area (Å²) in [6.45, 7) is 0.600. The molecule has 0 radical (unpaired) electrons. The molecule has 1 aliphatic heterocycles. The van der Waals surface area contributed by atoms with Gasteiger partial charge >= 0.3 is 0 Å². The van der Waals surface area contributed by atoms with Crippen LogP contribution in [-0.2, 0) is 9.59 Å². The second kappa shape index (κ2) is 7.22. The molecule has 1 saturated heterocycles. The maximum atomic E-state index is 12.2. The zero-order valence-electron chi connectivity index (χ0n) is 12.6. The molecule has 22 heavy (non-hydrogen) atoms. The molecule has 1 aromatic heterocycles. The Bertz CT molecular complexity index is 523. The Morgan fingerprint density at radius 2 is 2.36 bits per heavy atom. The maximum Gasteiger partial charge on any atom is 0.260 e. The molecule has 120 valence electrons. The van der Waals surface area contributed by atoms with Crippen LogP contribution in [0.4, 0.5) is 0 Å². The van der Waals surface area contributed by atoms with Gasteiger partial charge in [0.05, 0.1) is 18.2 Å². The number of ether oxygens (including phenoxy) is 1. The molecule has 0 saturated carbocycles. The van der Waals surface area contributed by atoms with E-state index in [1.807, 2.05) is 0 Å². The first-order chi connectivity index (χ1) is 10.5. The molecule has 0 aromatic carbocycles. The summed E-state index contributed by atoms with van der Waals surface area (Å²) in [7, 11) is 1.53. The van der Waals surface area contributed by atoms with Gasteiger partial charge in [0.25, 0.3) is 5.91 Å². The molecule has 7 heteroatoms. The molecule has 0 spiro atoms. The number of hydrogen-bond acceptors (Lipinski definition) is 5. The van der Waals surface area contributed by atoms with Gasteiger partial charge in [0.15, 0.2) is 6.61 Å². The van der Waals surface area contributed by atoms with Gasteiger partial charge in [-0.3, -0.25) is 14.6 Å². The minimum atomic E-state index is -1.16. The first kappa shape index (κ1) is 16.2. The number of likely N-dealkylation sites (tertiary alicyclic amines) is 1. The van der Waals surface area contributed by atoms with Crippen LogP contribution in [0.25, 0.3) is 0 Å². The Balaban J connectivity index is 1.88. The van der Waals surface area contributed by atoms with E-state index in [0.29, 0.717) is 25.1 Å². The molecule has 2 N–H and O–H groups in total. The molecule has 2 heterocycles. The quantitative estimate of drug-likeness (QED) is 0.796. The smallest absolute Gasteiger partial charge is 0.260 e. The van der Waals surface area contributed by atoms with Crippen LogP contribution >= 0.6 is 0 Å². The number of nitrogens with zero attached hydrogens (tertiary/aromatic N) is 2. The summed E-state index contributed by atoms with van der Waals surface area (Å²) in [6.07, 6.45) is 4.32. The van der Waals surface area contributed by atoms with Gasteiger partial charge in [0.1, 0.15) is 5.75 Å². The number of aliphatic hydroxyl groups is 1. The van der Waals surface area contributed by atoms with Crippen LogP contribution in [-0.4, -0.2) is 59.1 Å². The minimum Gasteiger partial charge on any atom is -0.482 e. The number of carbonyl (C=O) groups excluding carboxylic acids is 2. The number of β-amino-alcohol motifs (C(OH)–C–C–N with tert-alkyl or cyclic N) is 1. The number of nitrogens with one attached hydrogen (secondary N) is 1. The van der Waals surface area contributed by atoms with Crippen molar-refractivity contribution >= 4 is 11.8 Å². The lowest BCUT2D eigenvalue weighted by atomic mass is 9.89. The van der Waals surface area contributed by atoms with Gasteiger partial charge < -0.3 is 20.1 Å². The highest BCUT2D eigenvalue weighted by molar-refractivity contribution is 5.79. The van der Waals surface area contributed by atoms with Gasteiger partial charge in [-0.2, -0.15) is 0 Å². The third-order valence-corrected chi connectivity index (χ3v) is 3.67. The third-order valence-electron chi connectivity index (χ3n) is 3.67. The number of pyridine rings is 1. The summed E-state index contributed by atoms with van der Waals surface area (Å²) in [5.41, 5.74) is -1.16. The predicted molar refractivity (Wildman–Crippen MR) is 79.2 cm³/mol. The van der Waals surface area contributed by atoms with Crippen molar-refractivity contribution in [2.75, 3.05) is 26.7 Å². The number of hydrogen-bond donors (Lipinski definition) is 2. The molecule has 0 aliphatic carbocycles. The lowest BCUT2D eigenvalue weighted by Crippen LogP contribution is -2.53. The molecule has 1 unspecified atom stereocenters. The fraction of sp³-hybridized carbons (Fsp3) is 0.533. The van der Waals surface area contributed by atoms with Crippen LogP contribution in [0.5, 0.6) is 5.75 Å². The molecule has 2 amide bonds. The minimum absolute atomic E-state index is 0.00323. The second-order valence-corrected chi connectivity index (χ2v) is 5.47. The van der Waals surface area contributed by atoms with Crippen molar-refractivity contribution in [2.24, 2.45) is 0 Å². The van der Waals surface area contributed by atoms with Crippen LogP contribution in [0.15, 0.2) is 24.5 Å². The summed E-state index contributed by atoms with van der Waals surface area (Å²) in [4.78, 5) is 29.1. The molecule has 0 bridgehead atoms. The van der Waals surface area contributed by atoms with Gasteiger partial charge in [-0.15, -0.1) is 0 Å². The van der Waals surface area contributed by atoms with Crippen molar-refractivity contribution in [3.05, 3.63) is 24.5 Å². The van der Waals surface area contributed by atoms with Crippen LogP contribution in [0.1, 0.15) is 19.3 Å². The standard InChI is InChI=1S/C15H21N3O4/c1-16-13(19)8-15(21)5-3-7-18(11-15)14(20)10-22-12-4-2-6-17-9-12/h2,4,6,9,21H,3,5,7-8,10-11H2,1H3,(H,16,19). The van der Waals surface area contributed by atoms with Crippen LogP contribution in [0, 0.1) is 0 Å². The van der Waals surface area contributed by atoms with Crippen LogP contribution in [0.3, 0.4) is 0 Å². The number of amides is 2. The summed E-state index contributed by atoms with van der Waals surface area (Å²) in [6, 6.07) is 3.45. The lowest BCUT2D eigenvalue weighted by Gasteiger charge is -2.38. The van der Waals surface area contributed by atoms with E-state index in [1.165, 1.54) is 13.2 Å². The van der Waals surface area contributed by atoms with Crippen molar-refractivity contribution < 1.29 is 19.4 Å². The van der Waals surface area contributed by atoms with Gasteiger partial charge in [0, 0.05) is 26.3 Å². The van der Waals surface area contributed by atoms with Crippen molar-refractivity contribution in [1.29, 1.82) is 0 Å². The number of aromatic nitrogens is 1. The van der Waals surface area contributed by atoms with E-state index in [9.17, 15) is 14.7 Å². The average Bonchev–Trinajstić information content (AvgIpc) is 2.53. The van der Waals surface area contributed by atoms with E-state index >= 15 is 0 Å². The molecule has 1 atom stereocenters. The normalized spacial score (nSPS) is 21.3. The predicted octanol–water partition coefficient (Wildman–Crippen LogP) is -0.0500. The highest BCUT2D eigenvalue weighted by atomic mass is 16.5. The monoisotopic (exact) mass is 307 g/mol. The van der Waals surface area contributed by atoms with Gasteiger partial charge in [0.2, 0.25) is 5.91 Å². The van der Waals surface area contributed by atoms with E-state index in [0.717, 1.165) is 0 Å². The lowest BCUT2D eigenvalue weighted by molar-refractivity contribution is -0.143. The molecule has 7 nitrogen and oxygen atoms in total. The zero-order valence-corrected chi connectivity index (χ0v) is 12.6. The molecular weight excluding hydrogens is 286 g/mol. The SMILES string of the molecule is CNC(=O)CC1(O)CCCN(C(=O)COc2cccnc2)C1. The van der Waals surface area contributed by atoms with Crippen molar-refractivity contribution in [1.82, 2.24) is 15.2 Å². The van der Waals surface area contributed by atoms with E-state index in [1.54, 1.807) is 23.2 Å². The van der Waals surface area contributed by atoms with E-state index < -0.39 is 5.60 Å². The average molecular weight is 307 g/mol. The Kier molecular flexibility index (Phi) is 5.32. The Morgan fingerprint density at radius 1 is 1.55 bits per heavy atom. The number of carbonyl (C=O) groups is 2. The summed E-state index contributed by atoms with van der Waals surface area (Å²) in [5, 5.41) is 13.0. The molecule has 2 rings (SSSR count). The van der Waals surface area contributed by atoms with Gasteiger partial charge in [-0.1, -0.05) is 0 Å². The first-order valence-corrected chi connectivity index (χ1v) is 7.26. The van der Waals surface area contributed by atoms with Crippen LogP contribution < -0.4 is 10.1 Å². The number of piperidine rings is 1. The summed E-state index contributed by atoms with van der Waals surface area (Å²) >= 11 is 0. The first-order valence-electron chi connectivity index (χ1n) is 7.26. The summed E-state index contributed by atoms with van der Waals surface area (Å²) < 4.78 is 5.38. The van der Waals surface area contributed by atoms with Crippen LogP contribution in [0.2, 0.25) is 0 Å². The Morgan fingerprint density at radius 3 is 3.05 bits per heavy atom. The number of rotatable bonds is 5. The fourth-order valence-corrected chi connectivity index (χ4v) is 2.53.